The van der Waals surface area contributed by atoms with Crippen molar-refractivity contribution >= 4 is 28.0 Å². The van der Waals surface area contributed by atoms with Crippen LogP contribution in [0.15, 0.2) is 59.6 Å². The Kier molecular flexibility index (Phi) is 6.42. The second-order valence-corrected chi connectivity index (χ2v) is 7.82. The van der Waals surface area contributed by atoms with Crippen molar-refractivity contribution in [1.29, 1.82) is 0 Å². The molecule has 0 aliphatic carbocycles. The molecule has 0 aliphatic rings. The van der Waals surface area contributed by atoms with Crippen LogP contribution in [0, 0.1) is 12.7 Å². The van der Waals surface area contributed by atoms with E-state index >= 15 is 0 Å². The summed E-state index contributed by atoms with van der Waals surface area (Å²) in [5.74, 6) is -0.214. The van der Waals surface area contributed by atoms with Crippen LogP contribution in [0.4, 0.5) is 4.39 Å². The van der Waals surface area contributed by atoms with Gasteiger partial charge < -0.3 is 9.47 Å². The predicted molar refractivity (Wildman–Crippen MR) is 128 cm³/mol. The molecule has 4 rings (SSSR count). The van der Waals surface area contributed by atoms with E-state index in [2.05, 4.69) is 65.6 Å². The van der Waals surface area contributed by atoms with Crippen molar-refractivity contribution in [2.45, 2.75) is 27.3 Å². The molecule has 4 aromatic rings. The average Bonchev–Trinajstić information content (AvgIpc) is 3.10. The van der Waals surface area contributed by atoms with E-state index in [0.29, 0.717) is 6.54 Å². The maximum atomic E-state index is 13.4. The molecule has 5 heteroatoms. The molecule has 2 heterocycles. The number of fused-ring (bicyclic) bond motifs is 3. The van der Waals surface area contributed by atoms with E-state index in [1.165, 1.54) is 22.9 Å². The fourth-order valence-corrected chi connectivity index (χ4v) is 4.19. The number of pyridine rings is 1. The van der Waals surface area contributed by atoms with Crippen LogP contribution in [0.1, 0.15) is 30.8 Å². The van der Waals surface area contributed by atoms with E-state index in [0.717, 1.165) is 54.2 Å². The molecule has 0 aliphatic heterocycles. The first-order valence-corrected chi connectivity index (χ1v) is 11.0. The highest BCUT2D eigenvalue weighted by molar-refractivity contribution is 6.09. The zero-order valence-electron chi connectivity index (χ0n) is 18.5. The third kappa shape index (κ3) is 4.52. The Morgan fingerprint density at radius 3 is 2.52 bits per heavy atom. The van der Waals surface area contributed by atoms with Gasteiger partial charge in [0.2, 0.25) is 0 Å². The predicted octanol–water partition coefficient (Wildman–Crippen LogP) is 5.45. The zero-order valence-corrected chi connectivity index (χ0v) is 18.5. The van der Waals surface area contributed by atoms with Gasteiger partial charge in [0, 0.05) is 35.6 Å². The highest BCUT2D eigenvalue weighted by Gasteiger charge is 2.14. The van der Waals surface area contributed by atoms with Gasteiger partial charge in [-0.15, -0.1) is 0 Å². The molecule has 2 aromatic carbocycles. The molecular weight excluding hydrogens is 387 g/mol. The molecule has 31 heavy (non-hydrogen) atoms. The first kappa shape index (κ1) is 21.2. The largest absolute Gasteiger partial charge is 0.334 e. The lowest BCUT2D eigenvalue weighted by Gasteiger charge is -2.15. The van der Waals surface area contributed by atoms with Gasteiger partial charge in [-0.1, -0.05) is 44.2 Å². The standard InChI is InChI=1S/C26H29FN4/c1-4-30(5-2)15-14-28-17-22-16-24-23-8-6-7-9-25(23)31(26(24)19(3)29-22)18-20-10-12-21(27)13-11-20/h6-13,16-17H,4-5,14-15,18H2,1-3H3. The normalized spacial score (nSPS) is 12.0. The summed E-state index contributed by atoms with van der Waals surface area (Å²) >= 11 is 0. The van der Waals surface area contributed by atoms with Crippen LogP contribution in [-0.2, 0) is 6.54 Å². The number of halogens is 1. The molecule has 0 atom stereocenters. The first-order valence-electron chi connectivity index (χ1n) is 11.0. The fourth-order valence-electron chi connectivity index (χ4n) is 4.19. The highest BCUT2D eigenvalue weighted by atomic mass is 19.1. The lowest BCUT2D eigenvalue weighted by Crippen LogP contribution is -2.25. The molecule has 0 saturated carbocycles. The molecule has 0 saturated heterocycles. The van der Waals surface area contributed by atoms with E-state index < -0.39 is 0 Å². The Labute approximate surface area is 183 Å². The molecule has 0 amide bonds. The van der Waals surface area contributed by atoms with Crippen molar-refractivity contribution in [3.05, 3.63) is 77.4 Å². The summed E-state index contributed by atoms with van der Waals surface area (Å²) in [6.07, 6.45) is 1.89. The van der Waals surface area contributed by atoms with Gasteiger partial charge in [-0.3, -0.25) is 4.99 Å². The van der Waals surface area contributed by atoms with Crippen molar-refractivity contribution in [2.24, 2.45) is 4.99 Å². The molecule has 160 valence electrons. The number of para-hydroxylation sites is 1. The van der Waals surface area contributed by atoms with Gasteiger partial charge in [0.15, 0.2) is 0 Å². The summed E-state index contributed by atoms with van der Waals surface area (Å²) in [5.41, 5.74) is 5.19. The third-order valence-electron chi connectivity index (χ3n) is 5.86. The van der Waals surface area contributed by atoms with E-state index in [1.54, 1.807) is 0 Å². The third-order valence-corrected chi connectivity index (χ3v) is 5.86. The molecule has 4 nitrogen and oxygen atoms in total. The van der Waals surface area contributed by atoms with Crippen LogP contribution in [0.2, 0.25) is 0 Å². The Morgan fingerprint density at radius 1 is 1.03 bits per heavy atom. The second kappa shape index (κ2) is 9.40. The van der Waals surface area contributed by atoms with Crippen LogP contribution in [0.3, 0.4) is 0 Å². The zero-order chi connectivity index (χ0) is 21.8. The van der Waals surface area contributed by atoms with Crippen molar-refractivity contribution in [1.82, 2.24) is 14.5 Å². The number of aliphatic imine (C=N–C) groups is 1. The van der Waals surface area contributed by atoms with Gasteiger partial charge in [-0.2, -0.15) is 0 Å². The molecule has 0 bridgehead atoms. The van der Waals surface area contributed by atoms with Crippen molar-refractivity contribution in [3.8, 4) is 0 Å². The monoisotopic (exact) mass is 416 g/mol. The molecule has 0 fully saturated rings. The second-order valence-electron chi connectivity index (χ2n) is 7.82. The summed E-state index contributed by atoms with van der Waals surface area (Å²) in [7, 11) is 0. The smallest absolute Gasteiger partial charge is 0.123 e. The number of rotatable bonds is 8. The highest BCUT2D eigenvalue weighted by Crippen LogP contribution is 2.31. The number of hydrogen-bond acceptors (Lipinski definition) is 3. The molecule has 2 aromatic heterocycles. The number of likely N-dealkylation sites (N-methyl/N-ethyl adjacent to an activating group) is 1. The van der Waals surface area contributed by atoms with E-state index in [4.69, 9.17) is 4.98 Å². The average molecular weight is 417 g/mol. The topological polar surface area (TPSA) is 33.4 Å². The SMILES string of the molecule is CCN(CC)CCN=Cc1cc2c3ccccc3n(Cc3ccc(F)cc3)c2c(C)n1. The van der Waals surface area contributed by atoms with Gasteiger partial charge in [0.25, 0.3) is 0 Å². The van der Waals surface area contributed by atoms with Crippen molar-refractivity contribution < 1.29 is 4.39 Å². The number of nitrogens with zero attached hydrogens (tertiary/aromatic N) is 4. The first-order chi connectivity index (χ1) is 15.1. The van der Waals surface area contributed by atoms with Crippen LogP contribution in [-0.4, -0.2) is 46.8 Å². The van der Waals surface area contributed by atoms with Crippen molar-refractivity contribution in [2.75, 3.05) is 26.2 Å². The van der Waals surface area contributed by atoms with Crippen LogP contribution < -0.4 is 0 Å². The quantitative estimate of drug-likeness (QED) is 0.358. The molecular formula is C26H29FN4. The van der Waals surface area contributed by atoms with Crippen LogP contribution in [0.25, 0.3) is 21.8 Å². The lowest BCUT2D eigenvalue weighted by molar-refractivity contribution is 0.313. The Hall–Kier alpha value is -3.05. The molecule has 0 spiro atoms. The summed E-state index contributed by atoms with van der Waals surface area (Å²) in [4.78, 5) is 11.8. The number of aryl methyl sites for hydroxylation is 1. The molecule has 0 N–H and O–H groups in total. The van der Waals surface area contributed by atoms with E-state index in [1.807, 2.05) is 18.3 Å². The van der Waals surface area contributed by atoms with Gasteiger partial charge >= 0.3 is 0 Å². The summed E-state index contributed by atoms with van der Waals surface area (Å²) in [5, 5.41) is 2.37. The van der Waals surface area contributed by atoms with Crippen LogP contribution >= 0.6 is 0 Å². The van der Waals surface area contributed by atoms with E-state index in [-0.39, 0.29) is 5.82 Å². The summed E-state index contributed by atoms with van der Waals surface area (Å²) < 4.78 is 15.6. The van der Waals surface area contributed by atoms with Crippen LogP contribution in [0.5, 0.6) is 0 Å². The van der Waals surface area contributed by atoms with Crippen molar-refractivity contribution in [3.63, 3.8) is 0 Å². The van der Waals surface area contributed by atoms with E-state index in [9.17, 15) is 4.39 Å². The number of hydrogen-bond donors (Lipinski definition) is 0. The van der Waals surface area contributed by atoms with Gasteiger partial charge in [-0.05, 0) is 49.8 Å². The fraction of sp³-hybridized carbons (Fsp3) is 0.308. The molecule has 0 unspecified atom stereocenters. The maximum absolute atomic E-state index is 13.4. The summed E-state index contributed by atoms with van der Waals surface area (Å²) in [6, 6.07) is 17.3. The maximum Gasteiger partial charge on any atom is 0.123 e. The number of benzene rings is 2. The van der Waals surface area contributed by atoms with Gasteiger partial charge in [0.05, 0.1) is 23.4 Å². The number of aromatic nitrogens is 2. The minimum absolute atomic E-state index is 0.214. The Balaban J connectivity index is 1.71. The minimum Gasteiger partial charge on any atom is -0.334 e. The molecule has 0 radical (unpaired) electrons. The Morgan fingerprint density at radius 2 is 1.77 bits per heavy atom. The summed E-state index contributed by atoms with van der Waals surface area (Å²) in [6.45, 7) is 10.9. The van der Waals surface area contributed by atoms with Gasteiger partial charge in [0.1, 0.15) is 5.82 Å². The minimum atomic E-state index is -0.214. The lowest BCUT2D eigenvalue weighted by atomic mass is 10.1. The van der Waals surface area contributed by atoms with Gasteiger partial charge in [-0.25, -0.2) is 9.37 Å². The Bertz CT molecular complexity index is 1200.